The monoisotopic (exact) mass is 261 g/mol. The number of hydrogen-bond acceptors (Lipinski definition) is 3. The van der Waals surface area contributed by atoms with Crippen molar-refractivity contribution in [3.8, 4) is 0 Å². The van der Waals surface area contributed by atoms with Gasteiger partial charge in [-0.15, -0.1) is 0 Å². The first-order valence-electron chi connectivity index (χ1n) is 5.89. The molecule has 0 unspecified atom stereocenters. The second-order valence-electron chi connectivity index (χ2n) is 4.13. The first-order chi connectivity index (χ1) is 8.72. The van der Waals surface area contributed by atoms with E-state index in [0.29, 0.717) is 6.61 Å². The summed E-state index contributed by atoms with van der Waals surface area (Å²) in [7, 11) is 0. The minimum absolute atomic E-state index is 0.0106. The van der Waals surface area contributed by atoms with E-state index < -0.39 is 0 Å². The summed E-state index contributed by atoms with van der Waals surface area (Å²) in [6.45, 7) is 2.28. The number of rotatable bonds is 3. The number of carbonyl (C=O) groups excluding carboxylic acids is 1. The van der Waals surface area contributed by atoms with Crippen molar-refractivity contribution in [1.82, 2.24) is 4.90 Å². The van der Waals surface area contributed by atoms with Gasteiger partial charge < -0.3 is 4.74 Å². The fourth-order valence-electron chi connectivity index (χ4n) is 1.99. The van der Waals surface area contributed by atoms with E-state index >= 15 is 0 Å². The van der Waals surface area contributed by atoms with Crippen LogP contribution in [0.4, 0.5) is 0 Å². The number of nitrogens with zero attached hydrogens (tertiary/aromatic N) is 1. The lowest BCUT2D eigenvalue weighted by atomic mass is 10.1. The number of allylic oxidation sites excluding steroid dienone is 1. The van der Waals surface area contributed by atoms with Crippen LogP contribution in [0.1, 0.15) is 12.5 Å². The maximum absolute atomic E-state index is 11.9. The predicted octanol–water partition coefficient (Wildman–Crippen LogP) is 2.32. The molecule has 0 saturated carbocycles. The standard InChI is InChI=1S/C14H15NO2S/c1-2-6-13(16)15-12(10-17-14(15)18)9-11-7-4-3-5-8-11/h2-8,12H,9-10H2,1H3/b6-2+/t12-/m1/s1. The number of hydrogen-bond donors (Lipinski definition) is 0. The normalized spacial score (nSPS) is 19.3. The third-order valence-electron chi connectivity index (χ3n) is 2.82. The molecule has 94 valence electrons. The Hall–Kier alpha value is -1.68. The van der Waals surface area contributed by atoms with Crippen LogP contribution in [0.25, 0.3) is 0 Å². The molecule has 2 rings (SSSR count). The molecule has 1 aromatic rings. The highest BCUT2D eigenvalue weighted by Crippen LogP contribution is 2.18. The van der Waals surface area contributed by atoms with Gasteiger partial charge in [-0.25, -0.2) is 0 Å². The van der Waals surface area contributed by atoms with E-state index in [9.17, 15) is 4.79 Å². The van der Waals surface area contributed by atoms with Crippen molar-refractivity contribution < 1.29 is 9.53 Å². The van der Waals surface area contributed by atoms with E-state index in [1.54, 1.807) is 11.0 Å². The third-order valence-corrected chi connectivity index (χ3v) is 3.14. The lowest BCUT2D eigenvalue weighted by molar-refractivity contribution is -0.123. The second-order valence-corrected chi connectivity index (χ2v) is 4.48. The van der Waals surface area contributed by atoms with Gasteiger partial charge in [-0.1, -0.05) is 36.4 Å². The van der Waals surface area contributed by atoms with Crippen LogP contribution < -0.4 is 0 Å². The highest BCUT2D eigenvalue weighted by molar-refractivity contribution is 7.80. The quantitative estimate of drug-likeness (QED) is 0.618. The maximum atomic E-state index is 11.9. The molecule has 1 saturated heterocycles. The van der Waals surface area contributed by atoms with Gasteiger partial charge in [0.1, 0.15) is 6.61 Å². The molecule has 18 heavy (non-hydrogen) atoms. The van der Waals surface area contributed by atoms with E-state index in [0.717, 1.165) is 6.42 Å². The van der Waals surface area contributed by atoms with Gasteiger partial charge in [0.2, 0.25) is 0 Å². The summed E-state index contributed by atoms with van der Waals surface area (Å²) in [4.78, 5) is 13.5. The van der Waals surface area contributed by atoms with Crippen LogP contribution in [-0.2, 0) is 16.0 Å². The fraction of sp³-hybridized carbons (Fsp3) is 0.286. The maximum Gasteiger partial charge on any atom is 0.266 e. The van der Waals surface area contributed by atoms with Gasteiger partial charge in [-0.3, -0.25) is 9.69 Å². The summed E-state index contributed by atoms with van der Waals surface area (Å²) < 4.78 is 5.32. The molecule has 1 fully saturated rings. The molecule has 1 aliphatic heterocycles. The first-order valence-corrected chi connectivity index (χ1v) is 6.29. The van der Waals surface area contributed by atoms with Crippen LogP contribution in [0.5, 0.6) is 0 Å². The summed E-state index contributed by atoms with van der Waals surface area (Å²) >= 11 is 5.07. The molecule has 1 amide bonds. The molecule has 0 spiro atoms. The molecule has 0 N–H and O–H groups in total. The number of amides is 1. The Morgan fingerprint density at radius 3 is 2.89 bits per heavy atom. The molecule has 0 aromatic heterocycles. The van der Waals surface area contributed by atoms with E-state index in [2.05, 4.69) is 0 Å². The van der Waals surface area contributed by atoms with Crippen molar-refractivity contribution in [2.45, 2.75) is 19.4 Å². The first kappa shape index (κ1) is 12.8. The average Bonchev–Trinajstić information content (AvgIpc) is 2.72. The Morgan fingerprint density at radius 2 is 2.22 bits per heavy atom. The molecule has 1 aromatic carbocycles. The number of ether oxygens (including phenoxy) is 1. The van der Waals surface area contributed by atoms with Crippen molar-refractivity contribution in [1.29, 1.82) is 0 Å². The number of thiocarbonyl (C=S) groups is 1. The van der Waals surface area contributed by atoms with Gasteiger partial charge >= 0.3 is 0 Å². The molecule has 0 bridgehead atoms. The zero-order valence-electron chi connectivity index (χ0n) is 10.2. The fourth-order valence-corrected chi connectivity index (χ4v) is 2.30. The molecule has 0 radical (unpaired) electrons. The third kappa shape index (κ3) is 2.76. The lowest BCUT2D eigenvalue weighted by Gasteiger charge is -2.19. The van der Waals surface area contributed by atoms with Gasteiger partial charge in [0.15, 0.2) is 0 Å². The highest BCUT2D eigenvalue weighted by Gasteiger charge is 2.33. The summed E-state index contributed by atoms with van der Waals surface area (Å²) in [5.74, 6) is -0.110. The smallest absolute Gasteiger partial charge is 0.266 e. The zero-order valence-corrected chi connectivity index (χ0v) is 11.0. The van der Waals surface area contributed by atoms with Gasteiger partial charge in [0.25, 0.3) is 11.1 Å². The van der Waals surface area contributed by atoms with Crippen molar-refractivity contribution in [2.75, 3.05) is 6.61 Å². The minimum Gasteiger partial charge on any atom is -0.468 e. The van der Waals surface area contributed by atoms with Crippen molar-refractivity contribution >= 4 is 23.3 Å². The lowest BCUT2D eigenvalue weighted by Crippen LogP contribution is -2.39. The van der Waals surface area contributed by atoms with E-state index in [1.807, 2.05) is 37.3 Å². The summed E-state index contributed by atoms with van der Waals surface area (Å²) in [5.41, 5.74) is 1.18. The molecule has 1 atom stereocenters. The summed E-state index contributed by atoms with van der Waals surface area (Å²) in [6.07, 6.45) is 3.98. The second kappa shape index (κ2) is 5.78. The average molecular weight is 261 g/mol. The van der Waals surface area contributed by atoms with Gasteiger partial charge in [0.05, 0.1) is 6.04 Å². The topological polar surface area (TPSA) is 29.5 Å². The van der Waals surface area contributed by atoms with E-state index in [1.165, 1.54) is 11.6 Å². The highest BCUT2D eigenvalue weighted by atomic mass is 32.1. The van der Waals surface area contributed by atoms with Gasteiger partial charge in [-0.05, 0) is 37.2 Å². The molecule has 1 aliphatic rings. The number of carbonyl (C=O) groups is 1. The van der Waals surface area contributed by atoms with Crippen LogP contribution in [0.2, 0.25) is 0 Å². The molecule has 4 heteroatoms. The molecular weight excluding hydrogens is 246 g/mol. The Morgan fingerprint density at radius 1 is 1.50 bits per heavy atom. The Balaban J connectivity index is 2.12. The van der Waals surface area contributed by atoms with Gasteiger partial charge in [0, 0.05) is 0 Å². The van der Waals surface area contributed by atoms with E-state index in [4.69, 9.17) is 17.0 Å². The molecule has 3 nitrogen and oxygen atoms in total. The Kier molecular flexibility index (Phi) is 4.10. The predicted molar refractivity (Wildman–Crippen MR) is 74.1 cm³/mol. The summed E-state index contributed by atoms with van der Waals surface area (Å²) in [6, 6.07) is 10.0. The Bertz CT molecular complexity index is 470. The van der Waals surface area contributed by atoms with Crippen LogP contribution in [-0.4, -0.2) is 28.6 Å². The zero-order chi connectivity index (χ0) is 13.0. The van der Waals surface area contributed by atoms with Crippen molar-refractivity contribution in [3.63, 3.8) is 0 Å². The van der Waals surface area contributed by atoms with E-state index in [-0.39, 0.29) is 17.1 Å². The summed E-state index contributed by atoms with van der Waals surface area (Å²) in [5, 5.41) is 0.277. The van der Waals surface area contributed by atoms with Crippen molar-refractivity contribution in [2.24, 2.45) is 0 Å². The largest absolute Gasteiger partial charge is 0.468 e. The number of benzene rings is 1. The minimum atomic E-state index is -0.110. The molecule has 0 aliphatic carbocycles. The van der Waals surface area contributed by atoms with Crippen LogP contribution >= 0.6 is 12.2 Å². The Labute approximate surface area is 112 Å². The molecule has 1 heterocycles. The van der Waals surface area contributed by atoms with Crippen LogP contribution in [0.3, 0.4) is 0 Å². The molecular formula is C14H15NO2S. The van der Waals surface area contributed by atoms with Gasteiger partial charge in [-0.2, -0.15) is 0 Å². The SMILES string of the molecule is C/C=C/C(=O)N1C(=S)OC[C@H]1Cc1ccccc1. The van der Waals surface area contributed by atoms with Crippen LogP contribution in [0.15, 0.2) is 42.5 Å². The van der Waals surface area contributed by atoms with Crippen molar-refractivity contribution in [3.05, 3.63) is 48.0 Å². The van der Waals surface area contributed by atoms with Crippen LogP contribution in [0, 0.1) is 0 Å².